The van der Waals surface area contributed by atoms with Crippen molar-refractivity contribution in [3.05, 3.63) is 129 Å². The van der Waals surface area contributed by atoms with Crippen molar-refractivity contribution in [1.82, 2.24) is 9.13 Å². The molecule has 32 heavy (non-hydrogen) atoms. The molecular weight excluding hydrogens is 417 g/mol. The van der Waals surface area contributed by atoms with Crippen LogP contribution in [-0.2, 0) is 19.3 Å². The van der Waals surface area contributed by atoms with Gasteiger partial charge in [-0.1, -0.05) is 72.8 Å². The molecule has 0 fully saturated rings. The molecule has 7 heteroatoms. The Morgan fingerprint density at radius 1 is 0.688 bits per heavy atom. The zero-order chi connectivity index (χ0) is 22.7. The molecule has 0 N–H and O–H groups in total. The molecule has 3 aromatic carbocycles. The second-order valence-electron chi connectivity index (χ2n) is 7.39. The van der Waals surface area contributed by atoms with Gasteiger partial charge >= 0.3 is 11.9 Å². The zero-order valence-corrected chi connectivity index (χ0v) is 16.9. The Labute approximate surface area is 181 Å². The molecular formula is C25H19F3N2O2. The summed E-state index contributed by atoms with van der Waals surface area (Å²) in [6.07, 6.45) is -3.06. The second-order valence-corrected chi connectivity index (χ2v) is 7.39. The summed E-state index contributed by atoms with van der Waals surface area (Å²) < 4.78 is 41.4. The van der Waals surface area contributed by atoms with Crippen molar-refractivity contribution in [1.29, 1.82) is 0 Å². The average molecular weight is 436 g/mol. The minimum Gasteiger partial charge on any atom is -0.295 e. The summed E-state index contributed by atoms with van der Waals surface area (Å²) in [6, 6.07) is 22.7. The first-order valence-corrected chi connectivity index (χ1v) is 9.93. The predicted octanol–water partition coefficient (Wildman–Crippen LogP) is 4.79. The van der Waals surface area contributed by atoms with Gasteiger partial charge in [-0.25, -0.2) is 4.79 Å². The van der Waals surface area contributed by atoms with Crippen molar-refractivity contribution in [3.63, 3.8) is 0 Å². The highest BCUT2D eigenvalue weighted by molar-refractivity contribution is 5.62. The summed E-state index contributed by atoms with van der Waals surface area (Å²) >= 11 is 0. The molecule has 0 saturated carbocycles. The number of halogens is 3. The van der Waals surface area contributed by atoms with E-state index >= 15 is 0 Å². The molecule has 0 radical (unpaired) electrons. The quantitative estimate of drug-likeness (QED) is 0.452. The number of hydrogen-bond donors (Lipinski definition) is 0. The molecule has 4 rings (SSSR count). The molecule has 0 aliphatic rings. The lowest BCUT2D eigenvalue weighted by Gasteiger charge is -2.14. The van der Waals surface area contributed by atoms with Gasteiger partial charge in [0.15, 0.2) is 0 Å². The molecule has 1 heterocycles. The van der Waals surface area contributed by atoms with Gasteiger partial charge < -0.3 is 0 Å². The van der Waals surface area contributed by atoms with Crippen LogP contribution in [0.15, 0.2) is 101 Å². The van der Waals surface area contributed by atoms with Crippen LogP contribution in [0.25, 0.3) is 11.1 Å². The largest absolute Gasteiger partial charge is 0.416 e. The first kappa shape index (κ1) is 21.4. The second kappa shape index (κ2) is 8.70. The molecule has 0 aliphatic heterocycles. The number of rotatable bonds is 5. The van der Waals surface area contributed by atoms with E-state index in [1.807, 2.05) is 48.5 Å². The molecule has 0 atom stereocenters. The Morgan fingerprint density at radius 3 is 1.75 bits per heavy atom. The Kier molecular flexibility index (Phi) is 5.81. The number of aromatic nitrogens is 2. The Morgan fingerprint density at radius 2 is 1.22 bits per heavy atom. The topological polar surface area (TPSA) is 44.0 Å². The maximum Gasteiger partial charge on any atom is 0.416 e. The van der Waals surface area contributed by atoms with E-state index in [2.05, 4.69) is 0 Å². The zero-order valence-electron chi connectivity index (χ0n) is 16.9. The van der Waals surface area contributed by atoms with E-state index < -0.39 is 23.0 Å². The van der Waals surface area contributed by atoms with Crippen molar-refractivity contribution < 1.29 is 13.2 Å². The molecule has 0 amide bonds. The first-order chi connectivity index (χ1) is 15.3. The van der Waals surface area contributed by atoms with E-state index in [0.717, 1.165) is 27.8 Å². The van der Waals surface area contributed by atoms with Crippen molar-refractivity contribution >= 4 is 0 Å². The van der Waals surface area contributed by atoms with Gasteiger partial charge in [0.25, 0.3) is 5.56 Å². The summed E-state index contributed by atoms with van der Waals surface area (Å²) in [5.74, 6) is 0. The average Bonchev–Trinajstić information content (AvgIpc) is 2.79. The summed E-state index contributed by atoms with van der Waals surface area (Å²) in [6.45, 7) is 0.282. The summed E-state index contributed by atoms with van der Waals surface area (Å²) in [5.41, 5.74) is 0.252. The van der Waals surface area contributed by atoms with Crippen LogP contribution in [0.4, 0.5) is 13.2 Å². The predicted molar refractivity (Wildman–Crippen MR) is 116 cm³/mol. The number of alkyl halides is 3. The SMILES string of the molecule is O=c1c(-c2ccc(C(F)(F)F)cc2)cn(Cc2ccccc2)c(=O)n1Cc1ccccc1. The highest BCUT2D eigenvalue weighted by Gasteiger charge is 2.30. The van der Waals surface area contributed by atoms with Crippen LogP contribution in [0.5, 0.6) is 0 Å². The fourth-order valence-corrected chi connectivity index (χ4v) is 3.49. The van der Waals surface area contributed by atoms with Crippen LogP contribution in [-0.4, -0.2) is 9.13 Å². The van der Waals surface area contributed by atoms with Gasteiger partial charge in [-0.2, -0.15) is 13.2 Å². The van der Waals surface area contributed by atoms with E-state index in [4.69, 9.17) is 0 Å². The van der Waals surface area contributed by atoms with Gasteiger partial charge in [0.05, 0.1) is 24.2 Å². The van der Waals surface area contributed by atoms with Gasteiger partial charge in [-0.3, -0.25) is 13.9 Å². The standard InChI is InChI=1S/C25H19F3N2O2/c26-25(27,28)21-13-11-20(12-14-21)22-17-29(15-18-7-3-1-4-8-18)24(32)30(23(22)31)16-19-9-5-2-6-10-19/h1-14,17H,15-16H2. The molecule has 4 aromatic rings. The lowest BCUT2D eigenvalue weighted by Crippen LogP contribution is -2.40. The summed E-state index contributed by atoms with van der Waals surface area (Å²) in [7, 11) is 0. The molecule has 0 saturated heterocycles. The van der Waals surface area contributed by atoms with Crippen molar-refractivity contribution in [3.8, 4) is 11.1 Å². The molecule has 162 valence electrons. The van der Waals surface area contributed by atoms with E-state index in [9.17, 15) is 22.8 Å². The molecule has 4 nitrogen and oxygen atoms in total. The lowest BCUT2D eigenvalue weighted by atomic mass is 10.1. The smallest absolute Gasteiger partial charge is 0.295 e. The van der Waals surface area contributed by atoms with Crippen LogP contribution < -0.4 is 11.2 Å². The third kappa shape index (κ3) is 4.56. The summed E-state index contributed by atoms with van der Waals surface area (Å²) in [4.78, 5) is 26.4. The minimum atomic E-state index is -4.47. The normalized spacial score (nSPS) is 11.5. The van der Waals surface area contributed by atoms with E-state index in [0.29, 0.717) is 5.56 Å². The molecule has 0 spiro atoms. The Bertz CT molecular complexity index is 1320. The summed E-state index contributed by atoms with van der Waals surface area (Å²) in [5, 5.41) is 0. The highest BCUT2D eigenvalue weighted by atomic mass is 19.4. The number of benzene rings is 3. The van der Waals surface area contributed by atoms with Crippen LogP contribution in [0.2, 0.25) is 0 Å². The first-order valence-electron chi connectivity index (χ1n) is 9.93. The van der Waals surface area contributed by atoms with Crippen molar-refractivity contribution in [2.75, 3.05) is 0 Å². The Balaban J connectivity index is 1.85. The highest BCUT2D eigenvalue weighted by Crippen LogP contribution is 2.30. The Hall–Kier alpha value is -3.87. The fourth-order valence-electron chi connectivity index (χ4n) is 3.49. The molecule has 0 aliphatic carbocycles. The van der Waals surface area contributed by atoms with E-state index in [-0.39, 0.29) is 18.7 Å². The van der Waals surface area contributed by atoms with Crippen LogP contribution >= 0.6 is 0 Å². The molecule has 0 bridgehead atoms. The van der Waals surface area contributed by atoms with Crippen molar-refractivity contribution in [2.45, 2.75) is 19.3 Å². The number of hydrogen-bond acceptors (Lipinski definition) is 2. The van der Waals surface area contributed by atoms with Crippen LogP contribution in [0, 0.1) is 0 Å². The minimum absolute atomic E-state index is 0.0573. The molecule has 0 unspecified atom stereocenters. The van der Waals surface area contributed by atoms with Gasteiger partial charge in [0, 0.05) is 6.20 Å². The van der Waals surface area contributed by atoms with Gasteiger partial charge in [0.1, 0.15) is 0 Å². The monoisotopic (exact) mass is 436 g/mol. The van der Waals surface area contributed by atoms with Crippen LogP contribution in [0.3, 0.4) is 0 Å². The van der Waals surface area contributed by atoms with E-state index in [1.165, 1.54) is 22.9 Å². The van der Waals surface area contributed by atoms with Gasteiger partial charge in [0.2, 0.25) is 0 Å². The molecule has 1 aromatic heterocycles. The van der Waals surface area contributed by atoms with Crippen molar-refractivity contribution in [2.24, 2.45) is 0 Å². The fraction of sp³-hybridized carbons (Fsp3) is 0.120. The van der Waals surface area contributed by atoms with Gasteiger partial charge in [-0.05, 0) is 28.8 Å². The van der Waals surface area contributed by atoms with E-state index in [1.54, 1.807) is 12.1 Å². The maximum atomic E-state index is 13.2. The lowest BCUT2D eigenvalue weighted by molar-refractivity contribution is -0.137. The van der Waals surface area contributed by atoms with Crippen LogP contribution in [0.1, 0.15) is 16.7 Å². The third-order valence-electron chi connectivity index (χ3n) is 5.14. The van der Waals surface area contributed by atoms with Gasteiger partial charge in [-0.15, -0.1) is 0 Å². The number of nitrogens with zero attached hydrogens (tertiary/aromatic N) is 2. The third-order valence-corrected chi connectivity index (χ3v) is 5.14. The maximum absolute atomic E-state index is 13.2.